The van der Waals surface area contributed by atoms with Crippen LogP contribution in [0.5, 0.6) is 0 Å². The standard InChI is InChI=1S/C17H21N5O2/c1-21-11-18-16(20-21)13-3-2-4-14(9-13)19-17(23)22-7-8-24-10-15(22)12-5-6-12/h2-4,9,11-12,15H,5-8,10H2,1H3,(H,19,23)/t15-/m1/s1. The lowest BCUT2D eigenvalue weighted by Gasteiger charge is -2.35. The van der Waals surface area contributed by atoms with Crippen LogP contribution in [0.25, 0.3) is 11.4 Å². The molecule has 1 aliphatic carbocycles. The molecule has 2 fully saturated rings. The molecule has 126 valence electrons. The summed E-state index contributed by atoms with van der Waals surface area (Å²) in [7, 11) is 1.83. The van der Waals surface area contributed by atoms with Crippen LogP contribution in [0.15, 0.2) is 30.6 Å². The lowest BCUT2D eigenvalue weighted by molar-refractivity contribution is 0.00773. The van der Waals surface area contributed by atoms with Gasteiger partial charge in [0.1, 0.15) is 6.33 Å². The van der Waals surface area contributed by atoms with Crippen LogP contribution in [0.2, 0.25) is 0 Å². The SMILES string of the molecule is Cn1cnc(-c2cccc(NC(=O)N3CCOC[C@@H]3C3CC3)c2)n1. The Morgan fingerprint density at radius 3 is 3.00 bits per heavy atom. The second kappa shape index (κ2) is 6.24. The number of benzene rings is 1. The number of carbonyl (C=O) groups excluding carboxylic acids is 1. The van der Waals surface area contributed by atoms with Crippen molar-refractivity contribution >= 4 is 11.7 Å². The van der Waals surface area contributed by atoms with Gasteiger partial charge in [-0.3, -0.25) is 4.68 Å². The molecule has 4 rings (SSSR count). The van der Waals surface area contributed by atoms with Gasteiger partial charge in [0.05, 0.1) is 19.3 Å². The summed E-state index contributed by atoms with van der Waals surface area (Å²) >= 11 is 0. The third-order valence-corrected chi connectivity index (χ3v) is 4.56. The molecule has 1 N–H and O–H groups in total. The van der Waals surface area contributed by atoms with Crippen LogP contribution in [0, 0.1) is 5.92 Å². The molecular weight excluding hydrogens is 306 g/mol. The summed E-state index contributed by atoms with van der Waals surface area (Å²) in [5.74, 6) is 1.25. The average molecular weight is 327 g/mol. The molecular formula is C17H21N5O2. The van der Waals surface area contributed by atoms with Crippen LogP contribution in [0.1, 0.15) is 12.8 Å². The number of aryl methyl sites for hydroxylation is 1. The van der Waals surface area contributed by atoms with E-state index >= 15 is 0 Å². The molecule has 7 nitrogen and oxygen atoms in total. The smallest absolute Gasteiger partial charge is 0.322 e. The van der Waals surface area contributed by atoms with Crippen molar-refractivity contribution in [3.05, 3.63) is 30.6 Å². The zero-order valence-electron chi connectivity index (χ0n) is 13.7. The van der Waals surface area contributed by atoms with Crippen molar-refractivity contribution in [1.82, 2.24) is 19.7 Å². The summed E-state index contributed by atoms with van der Waals surface area (Å²) in [6.07, 6.45) is 4.05. The van der Waals surface area contributed by atoms with Gasteiger partial charge in [-0.05, 0) is 30.9 Å². The molecule has 0 unspecified atom stereocenters. The Balaban J connectivity index is 1.49. The molecule has 1 atom stereocenters. The maximum atomic E-state index is 12.7. The van der Waals surface area contributed by atoms with Crippen LogP contribution in [0.3, 0.4) is 0 Å². The van der Waals surface area contributed by atoms with Crippen molar-refractivity contribution in [2.45, 2.75) is 18.9 Å². The zero-order chi connectivity index (χ0) is 16.5. The topological polar surface area (TPSA) is 72.3 Å². The van der Waals surface area contributed by atoms with Gasteiger partial charge in [-0.25, -0.2) is 9.78 Å². The van der Waals surface area contributed by atoms with Gasteiger partial charge in [-0.15, -0.1) is 0 Å². The zero-order valence-corrected chi connectivity index (χ0v) is 13.7. The molecule has 1 aromatic carbocycles. The fraction of sp³-hybridized carbons (Fsp3) is 0.471. The second-order valence-electron chi connectivity index (χ2n) is 6.43. The van der Waals surface area contributed by atoms with Gasteiger partial charge in [0, 0.05) is 24.8 Å². The summed E-state index contributed by atoms with van der Waals surface area (Å²) in [6, 6.07) is 7.78. The Kier molecular flexibility index (Phi) is 3.93. The lowest BCUT2D eigenvalue weighted by atomic mass is 10.1. The molecule has 1 aromatic heterocycles. The van der Waals surface area contributed by atoms with Crippen LogP contribution in [-0.2, 0) is 11.8 Å². The number of anilines is 1. The minimum atomic E-state index is -0.0543. The second-order valence-corrected chi connectivity index (χ2v) is 6.43. The third-order valence-electron chi connectivity index (χ3n) is 4.56. The van der Waals surface area contributed by atoms with Crippen molar-refractivity contribution < 1.29 is 9.53 Å². The van der Waals surface area contributed by atoms with Gasteiger partial charge in [0.25, 0.3) is 0 Å². The molecule has 2 amide bonds. The van der Waals surface area contributed by atoms with E-state index in [9.17, 15) is 4.79 Å². The van der Waals surface area contributed by atoms with E-state index in [1.54, 1.807) is 11.0 Å². The van der Waals surface area contributed by atoms with E-state index in [0.717, 1.165) is 11.3 Å². The normalized spacial score (nSPS) is 20.9. The first-order valence-electron chi connectivity index (χ1n) is 8.32. The molecule has 1 aliphatic heterocycles. The van der Waals surface area contributed by atoms with Gasteiger partial charge in [-0.1, -0.05) is 12.1 Å². The molecule has 2 aromatic rings. The predicted molar refractivity (Wildman–Crippen MR) is 89.5 cm³/mol. The van der Waals surface area contributed by atoms with E-state index in [1.807, 2.05) is 36.2 Å². The van der Waals surface area contributed by atoms with Gasteiger partial charge in [0.2, 0.25) is 0 Å². The number of rotatable bonds is 3. The van der Waals surface area contributed by atoms with E-state index in [-0.39, 0.29) is 12.1 Å². The van der Waals surface area contributed by atoms with Gasteiger partial charge >= 0.3 is 6.03 Å². The average Bonchev–Trinajstić information content (AvgIpc) is 3.36. The number of nitrogens with zero attached hydrogens (tertiary/aromatic N) is 4. The molecule has 0 radical (unpaired) electrons. The van der Waals surface area contributed by atoms with E-state index in [1.165, 1.54) is 12.8 Å². The van der Waals surface area contributed by atoms with E-state index in [2.05, 4.69) is 15.4 Å². The van der Waals surface area contributed by atoms with Crippen LogP contribution in [0.4, 0.5) is 10.5 Å². The number of morpholine rings is 1. The van der Waals surface area contributed by atoms with E-state index in [4.69, 9.17) is 4.74 Å². The summed E-state index contributed by atoms with van der Waals surface area (Å²) < 4.78 is 7.21. The number of amides is 2. The number of hydrogen-bond acceptors (Lipinski definition) is 4. The van der Waals surface area contributed by atoms with Gasteiger partial charge in [0.15, 0.2) is 5.82 Å². The van der Waals surface area contributed by atoms with Crippen LogP contribution < -0.4 is 5.32 Å². The highest BCUT2D eigenvalue weighted by Gasteiger charge is 2.39. The lowest BCUT2D eigenvalue weighted by Crippen LogP contribution is -2.51. The fourth-order valence-corrected chi connectivity index (χ4v) is 3.15. The van der Waals surface area contributed by atoms with Gasteiger partial charge in [-0.2, -0.15) is 5.10 Å². The highest BCUT2D eigenvalue weighted by atomic mass is 16.5. The Labute approximate surface area is 140 Å². The first-order chi connectivity index (χ1) is 11.7. The highest BCUT2D eigenvalue weighted by molar-refractivity contribution is 5.90. The number of nitrogens with one attached hydrogen (secondary N) is 1. The summed E-state index contributed by atoms with van der Waals surface area (Å²) in [4.78, 5) is 18.9. The van der Waals surface area contributed by atoms with E-state index < -0.39 is 0 Å². The molecule has 0 bridgehead atoms. The summed E-state index contributed by atoms with van der Waals surface area (Å²) in [5, 5.41) is 7.31. The minimum absolute atomic E-state index is 0.0543. The molecule has 24 heavy (non-hydrogen) atoms. The summed E-state index contributed by atoms with van der Waals surface area (Å²) in [6.45, 7) is 1.90. The van der Waals surface area contributed by atoms with E-state index in [0.29, 0.717) is 31.5 Å². The van der Waals surface area contributed by atoms with Crippen molar-refractivity contribution in [1.29, 1.82) is 0 Å². The number of ether oxygens (including phenoxy) is 1. The number of aromatic nitrogens is 3. The highest BCUT2D eigenvalue weighted by Crippen LogP contribution is 2.36. The molecule has 2 aliphatic rings. The van der Waals surface area contributed by atoms with Crippen molar-refractivity contribution in [2.24, 2.45) is 13.0 Å². The first kappa shape index (κ1) is 15.1. The molecule has 1 saturated heterocycles. The maximum Gasteiger partial charge on any atom is 0.322 e. The largest absolute Gasteiger partial charge is 0.377 e. The Morgan fingerprint density at radius 1 is 1.38 bits per heavy atom. The Bertz CT molecular complexity index is 740. The van der Waals surface area contributed by atoms with Crippen LogP contribution in [-0.4, -0.2) is 51.5 Å². The van der Waals surface area contributed by atoms with Crippen molar-refractivity contribution in [2.75, 3.05) is 25.1 Å². The monoisotopic (exact) mass is 327 g/mol. The van der Waals surface area contributed by atoms with Crippen molar-refractivity contribution in [3.8, 4) is 11.4 Å². The molecule has 0 spiro atoms. The molecule has 7 heteroatoms. The number of urea groups is 1. The number of hydrogen-bond donors (Lipinski definition) is 1. The molecule has 2 heterocycles. The first-order valence-corrected chi connectivity index (χ1v) is 8.32. The summed E-state index contributed by atoms with van der Waals surface area (Å²) in [5.41, 5.74) is 1.64. The quantitative estimate of drug-likeness (QED) is 0.937. The maximum absolute atomic E-state index is 12.7. The Morgan fingerprint density at radius 2 is 2.25 bits per heavy atom. The Hall–Kier alpha value is -2.41. The van der Waals surface area contributed by atoms with Crippen molar-refractivity contribution in [3.63, 3.8) is 0 Å². The minimum Gasteiger partial charge on any atom is -0.377 e. The van der Waals surface area contributed by atoms with Gasteiger partial charge < -0.3 is 15.0 Å². The third kappa shape index (κ3) is 3.12. The predicted octanol–water partition coefficient (Wildman–Crippen LogP) is 2.12. The number of carbonyl (C=O) groups is 1. The fourth-order valence-electron chi connectivity index (χ4n) is 3.15. The van der Waals surface area contributed by atoms with Crippen LogP contribution >= 0.6 is 0 Å². The molecule has 1 saturated carbocycles.